The number of benzene rings is 2. The van der Waals surface area contributed by atoms with Crippen molar-refractivity contribution in [3.63, 3.8) is 0 Å². The number of nitrogens with zero attached hydrogens (tertiary/aromatic N) is 1. The average molecular weight is 419 g/mol. The number of amides is 1. The second-order valence-electron chi connectivity index (χ2n) is 6.84. The summed E-state index contributed by atoms with van der Waals surface area (Å²) in [6, 6.07) is 11.3. The van der Waals surface area contributed by atoms with Crippen molar-refractivity contribution in [2.24, 2.45) is 0 Å². The molecule has 0 aromatic heterocycles. The first-order valence-electron chi connectivity index (χ1n) is 9.49. The molecule has 1 saturated heterocycles. The second kappa shape index (κ2) is 9.07. The molecule has 0 bridgehead atoms. The van der Waals surface area contributed by atoms with E-state index in [2.05, 4.69) is 16.3 Å². The maximum absolute atomic E-state index is 12.9. The van der Waals surface area contributed by atoms with Gasteiger partial charge in [0.1, 0.15) is 0 Å². The van der Waals surface area contributed by atoms with Crippen LogP contribution in [-0.2, 0) is 6.54 Å². The fourth-order valence-corrected chi connectivity index (χ4v) is 4.58. The average Bonchev–Trinajstić information content (AvgIpc) is 2.96. The van der Waals surface area contributed by atoms with Gasteiger partial charge in [-0.2, -0.15) is 11.8 Å². The third kappa shape index (κ3) is 4.57. The van der Waals surface area contributed by atoms with Crippen molar-refractivity contribution in [2.75, 3.05) is 43.1 Å². The summed E-state index contributed by atoms with van der Waals surface area (Å²) in [4.78, 5) is 15.3. The molecule has 4 rings (SSSR count). The number of para-hydroxylation sites is 1. The lowest BCUT2D eigenvalue weighted by atomic mass is 10.1. The minimum atomic E-state index is -0.209. The first-order valence-corrected chi connectivity index (χ1v) is 11.0. The second-order valence-corrected chi connectivity index (χ2v) is 8.47. The molecule has 2 aliphatic rings. The Kier molecular flexibility index (Phi) is 6.29. The number of carbonyl (C=O) groups is 1. The molecular weight excluding hydrogens is 396 g/mol. The number of anilines is 1. The van der Waals surface area contributed by atoms with E-state index in [4.69, 9.17) is 21.1 Å². The van der Waals surface area contributed by atoms with E-state index in [9.17, 15) is 4.79 Å². The van der Waals surface area contributed by atoms with Crippen LogP contribution in [0.1, 0.15) is 22.3 Å². The Bertz CT molecular complexity index is 856. The Labute approximate surface area is 174 Å². The third-order valence-electron chi connectivity index (χ3n) is 4.83. The van der Waals surface area contributed by atoms with Gasteiger partial charge in [-0.25, -0.2) is 0 Å². The number of halogens is 1. The molecule has 0 spiro atoms. The predicted molar refractivity (Wildman–Crippen MR) is 114 cm³/mol. The van der Waals surface area contributed by atoms with E-state index in [1.54, 1.807) is 12.1 Å². The Morgan fingerprint density at radius 3 is 2.79 bits per heavy atom. The van der Waals surface area contributed by atoms with Crippen molar-refractivity contribution in [3.05, 3.63) is 52.5 Å². The molecule has 2 heterocycles. The van der Waals surface area contributed by atoms with Crippen molar-refractivity contribution in [1.29, 1.82) is 0 Å². The van der Waals surface area contributed by atoms with Crippen LogP contribution in [0.2, 0.25) is 5.02 Å². The highest BCUT2D eigenvalue weighted by molar-refractivity contribution is 7.99. The molecule has 1 fully saturated rings. The Morgan fingerprint density at radius 2 is 1.93 bits per heavy atom. The summed E-state index contributed by atoms with van der Waals surface area (Å²) >= 11 is 8.32. The molecule has 0 radical (unpaired) electrons. The van der Waals surface area contributed by atoms with E-state index in [0.717, 1.165) is 48.8 Å². The molecule has 2 aromatic rings. The standard InChI is InChI=1S/C21H23ClN2O3S/c22-17-12-16(13-19-20(17)27-9-3-8-26-19)21(25)23-18-5-2-1-4-15(18)14-24-6-10-28-11-7-24/h1-2,4-5,12-13H,3,6-11,14H2,(H,23,25). The van der Waals surface area contributed by atoms with E-state index >= 15 is 0 Å². The molecule has 0 aliphatic carbocycles. The van der Waals surface area contributed by atoms with E-state index in [1.165, 1.54) is 0 Å². The lowest BCUT2D eigenvalue weighted by Crippen LogP contribution is -2.32. The summed E-state index contributed by atoms with van der Waals surface area (Å²) in [6.07, 6.45) is 0.787. The Morgan fingerprint density at radius 1 is 1.14 bits per heavy atom. The van der Waals surface area contributed by atoms with Gasteiger partial charge in [0.2, 0.25) is 0 Å². The molecule has 148 valence electrons. The molecule has 5 nitrogen and oxygen atoms in total. The maximum Gasteiger partial charge on any atom is 0.255 e. The summed E-state index contributed by atoms with van der Waals surface area (Å²) in [5, 5.41) is 3.43. The van der Waals surface area contributed by atoms with Crippen LogP contribution in [0.5, 0.6) is 11.5 Å². The number of ether oxygens (including phenoxy) is 2. The number of rotatable bonds is 4. The molecule has 0 unspecified atom stereocenters. The van der Waals surface area contributed by atoms with E-state index in [0.29, 0.717) is 35.3 Å². The molecule has 28 heavy (non-hydrogen) atoms. The maximum atomic E-state index is 12.9. The highest BCUT2D eigenvalue weighted by Crippen LogP contribution is 2.38. The van der Waals surface area contributed by atoms with Crippen molar-refractivity contribution in [2.45, 2.75) is 13.0 Å². The number of thioether (sulfide) groups is 1. The monoisotopic (exact) mass is 418 g/mol. The highest BCUT2D eigenvalue weighted by Gasteiger charge is 2.19. The summed E-state index contributed by atoms with van der Waals surface area (Å²) in [5.41, 5.74) is 2.40. The number of hydrogen-bond acceptors (Lipinski definition) is 5. The summed E-state index contributed by atoms with van der Waals surface area (Å²) in [7, 11) is 0. The number of hydrogen-bond donors (Lipinski definition) is 1. The highest BCUT2D eigenvalue weighted by atomic mass is 35.5. The van der Waals surface area contributed by atoms with Gasteiger partial charge in [0.15, 0.2) is 11.5 Å². The van der Waals surface area contributed by atoms with Gasteiger partial charge in [-0.05, 0) is 23.8 Å². The SMILES string of the molecule is O=C(Nc1ccccc1CN1CCSCC1)c1cc(Cl)c2c(c1)OCCCO2. The minimum Gasteiger partial charge on any atom is -0.489 e. The fourth-order valence-electron chi connectivity index (χ4n) is 3.34. The largest absolute Gasteiger partial charge is 0.489 e. The smallest absolute Gasteiger partial charge is 0.255 e. The van der Waals surface area contributed by atoms with E-state index in [1.807, 2.05) is 30.0 Å². The molecule has 1 N–H and O–H groups in total. The first-order chi connectivity index (χ1) is 13.7. The molecule has 2 aromatic carbocycles. The van der Waals surface area contributed by atoms with Gasteiger partial charge in [-0.15, -0.1) is 0 Å². The van der Waals surface area contributed by atoms with E-state index in [-0.39, 0.29) is 5.91 Å². The van der Waals surface area contributed by atoms with Crippen molar-refractivity contribution >= 4 is 35.0 Å². The lowest BCUT2D eigenvalue weighted by molar-refractivity contribution is 0.102. The van der Waals surface area contributed by atoms with Gasteiger partial charge < -0.3 is 14.8 Å². The van der Waals surface area contributed by atoms with Gasteiger partial charge in [-0.3, -0.25) is 9.69 Å². The predicted octanol–water partition coefficient (Wildman–Crippen LogP) is 4.30. The van der Waals surface area contributed by atoms with Gasteiger partial charge in [0, 0.05) is 48.8 Å². The zero-order valence-electron chi connectivity index (χ0n) is 15.6. The van der Waals surface area contributed by atoms with Crippen molar-refractivity contribution in [3.8, 4) is 11.5 Å². The van der Waals surface area contributed by atoms with Gasteiger partial charge in [0.05, 0.1) is 18.2 Å². The zero-order valence-corrected chi connectivity index (χ0v) is 17.2. The lowest BCUT2D eigenvalue weighted by Gasteiger charge is -2.27. The van der Waals surface area contributed by atoms with Crippen LogP contribution >= 0.6 is 23.4 Å². The van der Waals surface area contributed by atoms with Crippen molar-refractivity contribution < 1.29 is 14.3 Å². The number of carbonyl (C=O) groups excluding carboxylic acids is 1. The summed E-state index contributed by atoms with van der Waals surface area (Å²) in [6.45, 7) is 4.08. The van der Waals surface area contributed by atoms with Crippen LogP contribution in [0.3, 0.4) is 0 Å². The van der Waals surface area contributed by atoms with Crippen LogP contribution in [0.4, 0.5) is 5.69 Å². The van der Waals surface area contributed by atoms with Crippen LogP contribution < -0.4 is 14.8 Å². The normalized spacial score (nSPS) is 17.0. The van der Waals surface area contributed by atoms with Crippen LogP contribution in [0, 0.1) is 0 Å². The Hall–Kier alpha value is -1.89. The number of nitrogens with one attached hydrogen (secondary N) is 1. The summed E-state index contributed by atoms with van der Waals surface area (Å²) in [5.74, 6) is 3.14. The van der Waals surface area contributed by atoms with Crippen molar-refractivity contribution in [1.82, 2.24) is 4.90 Å². The minimum absolute atomic E-state index is 0.209. The molecular formula is C21H23ClN2O3S. The molecule has 1 amide bonds. The Balaban J connectivity index is 1.52. The van der Waals surface area contributed by atoms with E-state index < -0.39 is 0 Å². The zero-order chi connectivity index (χ0) is 19.3. The topological polar surface area (TPSA) is 50.8 Å². The summed E-state index contributed by atoms with van der Waals surface area (Å²) < 4.78 is 11.3. The molecule has 2 aliphatic heterocycles. The quantitative estimate of drug-likeness (QED) is 0.802. The number of fused-ring (bicyclic) bond motifs is 1. The van der Waals surface area contributed by atoms with Gasteiger partial charge in [-0.1, -0.05) is 29.8 Å². The third-order valence-corrected chi connectivity index (χ3v) is 6.05. The van der Waals surface area contributed by atoms with Crippen LogP contribution in [0.15, 0.2) is 36.4 Å². The van der Waals surface area contributed by atoms with Gasteiger partial charge >= 0.3 is 0 Å². The van der Waals surface area contributed by atoms with Gasteiger partial charge in [0.25, 0.3) is 5.91 Å². The van der Waals surface area contributed by atoms with Crippen LogP contribution in [0.25, 0.3) is 0 Å². The molecule has 0 saturated carbocycles. The molecule has 0 atom stereocenters. The van der Waals surface area contributed by atoms with Crippen LogP contribution in [-0.4, -0.2) is 48.6 Å². The first kappa shape index (κ1) is 19.4. The fraction of sp³-hybridized carbons (Fsp3) is 0.381. The molecule has 7 heteroatoms.